The van der Waals surface area contributed by atoms with Crippen LogP contribution in [0.4, 0.5) is 0 Å². The zero-order valence-electron chi connectivity index (χ0n) is 53.0. The topological polar surface area (TPSA) is 231 Å². The van der Waals surface area contributed by atoms with Gasteiger partial charge in [-0.3, -0.25) is 32.5 Å². The number of ether oxygens (including phenoxy) is 3. The average molecular weight is 1240 g/mol. The molecule has 0 bridgehead atoms. The number of esters is 3. The molecule has 0 aromatic heterocycles. The number of aliphatic hydroxyl groups excluding tert-OH is 2. The highest BCUT2D eigenvalue weighted by molar-refractivity contribution is 7.47. The Balaban J connectivity index is 4.63. The number of unbranched alkanes of at least 4 members (excludes halogenated alkanes) is 25. The number of carbonyl (C=O) groups is 3. The maximum absolute atomic E-state index is 12.9. The molecule has 16 nitrogen and oxygen atoms in total. The summed E-state index contributed by atoms with van der Waals surface area (Å²) in [5.74, 6) is -1.60. The molecule has 0 saturated carbocycles. The zero-order valence-corrected chi connectivity index (χ0v) is 54.8. The molecule has 5 unspecified atom stereocenters. The van der Waals surface area contributed by atoms with Crippen LogP contribution in [0.1, 0.15) is 265 Å². The van der Waals surface area contributed by atoms with E-state index in [0.717, 1.165) is 135 Å². The minimum absolute atomic E-state index is 0.105. The van der Waals surface area contributed by atoms with E-state index in [-0.39, 0.29) is 19.3 Å². The van der Waals surface area contributed by atoms with Gasteiger partial charge in [-0.2, -0.15) is 0 Å². The van der Waals surface area contributed by atoms with Crippen LogP contribution in [0, 0.1) is 0 Å². The molecular formula is C67H118O16P2. The first-order valence-electron chi connectivity index (χ1n) is 32.9. The number of phosphoric acid groups is 2. The van der Waals surface area contributed by atoms with Gasteiger partial charge in [-0.25, -0.2) is 9.13 Å². The molecule has 5 atom stereocenters. The van der Waals surface area contributed by atoms with Crippen LogP contribution in [-0.4, -0.2) is 95.9 Å². The largest absolute Gasteiger partial charge is 0.472 e. The summed E-state index contributed by atoms with van der Waals surface area (Å²) in [6.07, 6.45) is 63.5. The number of hydrogen-bond donors (Lipinski definition) is 4. The van der Waals surface area contributed by atoms with E-state index in [4.69, 9.17) is 32.3 Å². The Labute approximate surface area is 515 Å². The van der Waals surface area contributed by atoms with Crippen molar-refractivity contribution in [1.29, 1.82) is 0 Å². The fourth-order valence-electron chi connectivity index (χ4n) is 8.57. The molecule has 0 rings (SSSR count). The number of carbonyl (C=O) groups excluding carboxylic acids is 3. The first kappa shape index (κ1) is 81.7. The second-order valence-corrected chi connectivity index (χ2v) is 24.8. The third-order valence-corrected chi connectivity index (χ3v) is 15.5. The van der Waals surface area contributed by atoms with Crippen LogP contribution in [0.25, 0.3) is 0 Å². The number of phosphoric ester groups is 2. The van der Waals surface area contributed by atoms with Gasteiger partial charge in [-0.15, -0.1) is 0 Å². The highest BCUT2D eigenvalue weighted by Crippen LogP contribution is 2.45. The van der Waals surface area contributed by atoms with Crippen molar-refractivity contribution in [1.82, 2.24) is 0 Å². The van der Waals surface area contributed by atoms with Crippen LogP contribution in [0.5, 0.6) is 0 Å². The summed E-state index contributed by atoms with van der Waals surface area (Å²) in [6, 6.07) is 0. The third kappa shape index (κ3) is 62.1. The van der Waals surface area contributed by atoms with Gasteiger partial charge < -0.3 is 34.2 Å². The third-order valence-electron chi connectivity index (χ3n) is 13.6. The number of aliphatic hydroxyl groups is 2. The van der Waals surface area contributed by atoms with E-state index >= 15 is 0 Å². The quantitative estimate of drug-likeness (QED) is 0.0146. The lowest BCUT2D eigenvalue weighted by atomic mass is 10.0. The van der Waals surface area contributed by atoms with Crippen LogP contribution in [0.2, 0.25) is 0 Å². The SMILES string of the molecule is CC/C=C\C/C=C\C/C=C\C/C=C\C/C=C\CCCCCCCC(=O)OCC(O)COP(=O)(O)OCC(O)COP(=O)(O)OCC(COC(=O)CCCCCCC/C=C\C/C=C\CCCCC)OC(=O)CCCCCCCCCCCCCCC. The van der Waals surface area contributed by atoms with Gasteiger partial charge in [-0.1, -0.05) is 234 Å². The van der Waals surface area contributed by atoms with Crippen LogP contribution in [-0.2, 0) is 55.8 Å². The minimum Gasteiger partial charge on any atom is -0.463 e. The maximum Gasteiger partial charge on any atom is 0.472 e. The average Bonchev–Trinajstić information content (AvgIpc) is 3.51. The molecule has 0 amide bonds. The van der Waals surface area contributed by atoms with Gasteiger partial charge in [0.1, 0.15) is 25.4 Å². The van der Waals surface area contributed by atoms with Gasteiger partial charge >= 0.3 is 33.6 Å². The van der Waals surface area contributed by atoms with E-state index in [0.29, 0.717) is 19.3 Å². The van der Waals surface area contributed by atoms with E-state index in [9.17, 15) is 43.5 Å². The van der Waals surface area contributed by atoms with E-state index < -0.39 is 91.5 Å². The molecule has 4 N–H and O–H groups in total. The molecule has 0 radical (unpaired) electrons. The van der Waals surface area contributed by atoms with E-state index in [1.165, 1.54) is 70.6 Å². The molecule has 0 spiro atoms. The molecule has 0 saturated heterocycles. The van der Waals surface area contributed by atoms with Crippen molar-refractivity contribution in [3.8, 4) is 0 Å². The second kappa shape index (κ2) is 61.0. The zero-order chi connectivity index (χ0) is 62.4. The number of allylic oxidation sites excluding steroid dienone is 14. The van der Waals surface area contributed by atoms with Crippen LogP contribution in [0.15, 0.2) is 85.1 Å². The summed E-state index contributed by atoms with van der Waals surface area (Å²) >= 11 is 0. The smallest absolute Gasteiger partial charge is 0.463 e. The van der Waals surface area contributed by atoms with Gasteiger partial charge in [0.25, 0.3) is 0 Å². The summed E-state index contributed by atoms with van der Waals surface area (Å²) in [5, 5.41) is 20.5. The van der Waals surface area contributed by atoms with Crippen molar-refractivity contribution in [2.45, 2.75) is 283 Å². The Morgan fingerprint density at radius 2 is 0.624 bits per heavy atom. The first-order valence-corrected chi connectivity index (χ1v) is 35.9. The van der Waals surface area contributed by atoms with Crippen molar-refractivity contribution >= 4 is 33.6 Å². The Bertz CT molecular complexity index is 1900. The first-order chi connectivity index (χ1) is 41.2. The Kier molecular flexibility index (Phi) is 58.6. The van der Waals surface area contributed by atoms with Crippen molar-refractivity contribution < 1.29 is 75.8 Å². The molecule has 0 heterocycles. The monoisotopic (exact) mass is 1240 g/mol. The van der Waals surface area contributed by atoms with Gasteiger partial charge in [0, 0.05) is 19.3 Å². The molecular weight excluding hydrogens is 1120 g/mol. The van der Waals surface area contributed by atoms with Crippen molar-refractivity contribution in [2.75, 3.05) is 39.6 Å². The maximum atomic E-state index is 12.9. The molecule has 0 aliphatic rings. The summed E-state index contributed by atoms with van der Waals surface area (Å²) in [4.78, 5) is 58.2. The fourth-order valence-corrected chi connectivity index (χ4v) is 10.2. The van der Waals surface area contributed by atoms with Gasteiger partial charge in [0.05, 0.1) is 26.4 Å². The highest BCUT2D eigenvalue weighted by atomic mass is 31.2. The number of rotatable bonds is 62. The summed E-state index contributed by atoms with van der Waals surface area (Å²) in [6.45, 7) is 2.49. The molecule has 18 heteroatoms. The molecule has 85 heavy (non-hydrogen) atoms. The fraction of sp³-hybridized carbons (Fsp3) is 0.746. The van der Waals surface area contributed by atoms with Gasteiger partial charge in [0.15, 0.2) is 6.10 Å². The highest BCUT2D eigenvalue weighted by Gasteiger charge is 2.29. The molecule has 0 aromatic rings. The van der Waals surface area contributed by atoms with Crippen LogP contribution >= 0.6 is 15.6 Å². The summed E-state index contributed by atoms with van der Waals surface area (Å²) in [5.41, 5.74) is 0. The molecule has 0 aliphatic heterocycles. The lowest BCUT2D eigenvalue weighted by Gasteiger charge is -2.21. The Morgan fingerprint density at radius 1 is 0.341 bits per heavy atom. The van der Waals surface area contributed by atoms with Crippen molar-refractivity contribution in [3.63, 3.8) is 0 Å². The van der Waals surface area contributed by atoms with E-state index in [2.05, 4.69) is 106 Å². The summed E-state index contributed by atoms with van der Waals surface area (Å²) in [7, 11) is -9.77. The lowest BCUT2D eigenvalue weighted by molar-refractivity contribution is -0.161. The normalized spacial score (nSPS) is 14.9. The molecule has 0 aliphatic carbocycles. The van der Waals surface area contributed by atoms with Crippen LogP contribution < -0.4 is 0 Å². The van der Waals surface area contributed by atoms with Crippen molar-refractivity contribution in [3.05, 3.63) is 85.1 Å². The van der Waals surface area contributed by atoms with Gasteiger partial charge in [0.2, 0.25) is 0 Å². The lowest BCUT2D eigenvalue weighted by Crippen LogP contribution is -2.30. The number of hydrogen-bond acceptors (Lipinski definition) is 14. The van der Waals surface area contributed by atoms with Gasteiger partial charge in [-0.05, 0) is 96.3 Å². The summed E-state index contributed by atoms with van der Waals surface area (Å²) < 4.78 is 60.8. The Hall–Kier alpha value is -3.27. The van der Waals surface area contributed by atoms with E-state index in [1.807, 2.05) is 0 Å². The molecule has 0 aromatic carbocycles. The minimum atomic E-state index is -4.92. The second-order valence-electron chi connectivity index (χ2n) is 21.9. The predicted molar refractivity (Wildman–Crippen MR) is 344 cm³/mol. The molecule has 0 fully saturated rings. The van der Waals surface area contributed by atoms with Crippen LogP contribution in [0.3, 0.4) is 0 Å². The van der Waals surface area contributed by atoms with E-state index in [1.54, 1.807) is 0 Å². The predicted octanol–water partition coefficient (Wildman–Crippen LogP) is 17.8. The van der Waals surface area contributed by atoms with Crippen molar-refractivity contribution in [2.24, 2.45) is 0 Å². The molecule has 492 valence electrons. The Morgan fingerprint density at radius 3 is 1.01 bits per heavy atom. The standard InChI is InChI=1S/C67H118O16P2/c1-4-7-10-13-16-19-22-25-27-28-29-30-31-32-34-37-38-41-44-47-50-53-65(70)77-56-62(68)57-79-84(73,74)80-58-63(69)59-81-85(75,76)82-61-64(83-67(72)55-52-49-46-43-40-35-24-21-18-15-12-9-6-3)60-78-66(71)54-51-48-45-42-39-36-33-26-23-20-17-14-11-8-5-2/h7,10,16-17,19-20,25-27,29-30,32-34,62-64,68-69H,4-6,8-9,11-15,18,21-24,28,31,35-61H2,1-3H3,(H,73,74)(H,75,76)/b10-7-,19-16-,20-17-,27-25-,30-29-,33-26-,34-32-.